The van der Waals surface area contributed by atoms with Crippen LogP contribution in [0.15, 0.2) is 96.2 Å². The van der Waals surface area contributed by atoms with Crippen LogP contribution in [0.1, 0.15) is 5.56 Å². The first-order valence-electron chi connectivity index (χ1n) is 9.57. The summed E-state index contributed by atoms with van der Waals surface area (Å²) in [5.41, 5.74) is 1.45. The zero-order valence-corrected chi connectivity index (χ0v) is 16.0. The van der Waals surface area contributed by atoms with E-state index in [0.29, 0.717) is 29.3 Å². The van der Waals surface area contributed by atoms with Gasteiger partial charge in [-0.1, -0.05) is 54.6 Å². The Kier molecular flexibility index (Phi) is 4.53. The monoisotopic (exact) mass is 394 g/mol. The van der Waals surface area contributed by atoms with Gasteiger partial charge in [-0.15, -0.1) is 10.2 Å². The third-order valence-corrected chi connectivity index (χ3v) is 4.80. The first kappa shape index (κ1) is 17.8. The van der Waals surface area contributed by atoms with E-state index in [4.69, 9.17) is 0 Å². The van der Waals surface area contributed by atoms with E-state index in [0.717, 1.165) is 5.56 Å². The lowest BCUT2D eigenvalue weighted by atomic mass is 10.2. The van der Waals surface area contributed by atoms with Gasteiger partial charge in [0.1, 0.15) is 0 Å². The number of rotatable bonds is 4. The Labute approximate surface area is 172 Å². The normalized spacial score (nSPS) is 13.7. The number of aromatic nitrogens is 5. The van der Waals surface area contributed by atoms with E-state index < -0.39 is 0 Å². The fourth-order valence-electron chi connectivity index (χ4n) is 3.40. The summed E-state index contributed by atoms with van der Waals surface area (Å²) in [5, 5.41) is 9.21. The minimum Gasteiger partial charge on any atom is -0.293 e. The average Bonchev–Trinajstić information content (AvgIpc) is 3.04. The van der Waals surface area contributed by atoms with Crippen molar-refractivity contribution in [1.82, 2.24) is 24.1 Å². The first-order chi connectivity index (χ1) is 14.8. The molecule has 7 heteroatoms. The number of anilines is 1. The maximum atomic E-state index is 13.2. The standard InChI is InChI=1S/C23H18N6O/c30-21-19-13-8-14-24-20(19)29-22(27-15-6-1-2-7-16-27)25-26-23(29)28(21)17-9-12-18-10-4-3-5-11-18/h1-16H,17H2/b12-9+. The molecule has 4 aromatic rings. The molecule has 0 amide bonds. The van der Waals surface area contributed by atoms with Gasteiger partial charge in [0.2, 0.25) is 11.7 Å². The number of fused-ring (bicyclic) bond motifs is 3. The van der Waals surface area contributed by atoms with Gasteiger partial charge in [0, 0.05) is 25.1 Å². The van der Waals surface area contributed by atoms with E-state index in [-0.39, 0.29) is 5.56 Å². The van der Waals surface area contributed by atoms with Gasteiger partial charge in [-0.25, -0.2) is 9.38 Å². The Hall–Kier alpha value is -4.26. The van der Waals surface area contributed by atoms with Gasteiger partial charge in [0.25, 0.3) is 5.56 Å². The lowest BCUT2D eigenvalue weighted by Gasteiger charge is -2.14. The topological polar surface area (TPSA) is 68.3 Å². The Morgan fingerprint density at radius 3 is 2.50 bits per heavy atom. The van der Waals surface area contributed by atoms with E-state index in [1.165, 1.54) is 0 Å². The summed E-state index contributed by atoms with van der Waals surface area (Å²) >= 11 is 0. The molecule has 0 N–H and O–H groups in total. The molecule has 7 nitrogen and oxygen atoms in total. The second-order valence-electron chi connectivity index (χ2n) is 6.71. The number of allylic oxidation sites excluding steroid dienone is 5. The van der Waals surface area contributed by atoms with E-state index in [1.54, 1.807) is 22.9 Å². The molecule has 0 unspecified atom stereocenters. The molecule has 1 aromatic carbocycles. The molecule has 0 atom stereocenters. The van der Waals surface area contributed by atoms with Crippen LogP contribution in [0.5, 0.6) is 0 Å². The van der Waals surface area contributed by atoms with E-state index in [9.17, 15) is 4.79 Å². The van der Waals surface area contributed by atoms with Crippen molar-refractivity contribution in [1.29, 1.82) is 0 Å². The summed E-state index contributed by atoms with van der Waals surface area (Å²) in [7, 11) is 0. The third-order valence-electron chi connectivity index (χ3n) is 4.80. The van der Waals surface area contributed by atoms with Crippen molar-refractivity contribution in [3.63, 3.8) is 0 Å². The molecule has 146 valence electrons. The molecular weight excluding hydrogens is 376 g/mol. The van der Waals surface area contributed by atoms with Gasteiger partial charge in [-0.2, -0.15) is 0 Å². The molecule has 0 saturated heterocycles. The molecule has 0 saturated carbocycles. The van der Waals surface area contributed by atoms with Crippen LogP contribution in [0.3, 0.4) is 0 Å². The van der Waals surface area contributed by atoms with Crippen LogP contribution in [0.4, 0.5) is 5.95 Å². The molecule has 4 heterocycles. The van der Waals surface area contributed by atoms with E-state index in [1.807, 2.05) is 88.5 Å². The van der Waals surface area contributed by atoms with Crippen LogP contribution < -0.4 is 10.5 Å². The zero-order valence-electron chi connectivity index (χ0n) is 16.0. The summed E-state index contributed by atoms with van der Waals surface area (Å²) in [6.07, 6.45) is 17.1. The third kappa shape index (κ3) is 3.12. The van der Waals surface area contributed by atoms with Crippen LogP contribution in [-0.2, 0) is 6.54 Å². The van der Waals surface area contributed by atoms with E-state index in [2.05, 4.69) is 15.2 Å². The molecule has 5 rings (SSSR count). The molecule has 30 heavy (non-hydrogen) atoms. The zero-order chi connectivity index (χ0) is 20.3. The highest BCUT2D eigenvalue weighted by Crippen LogP contribution is 2.20. The van der Waals surface area contributed by atoms with Crippen molar-refractivity contribution in [3.05, 3.63) is 107 Å². The van der Waals surface area contributed by atoms with Crippen LogP contribution in [0.2, 0.25) is 0 Å². The Morgan fingerprint density at radius 1 is 0.900 bits per heavy atom. The number of hydrogen-bond acceptors (Lipinski definition) is 5. The van der Waals surface area contributed by atoms with Crippen molar-refractivity contribution in [3.8, 4) is 0 Å². The van der Waals surface area contributed by atoms with Crippen LogP contribution in [0.25, 0.3) is 22.9 Å². The smallest absolute Gasteiger partial charge is 0.264 e. The fraction of sp³-hybridized carbons (Fsp3) is 0.0435. The molecule has 1 aliphatic rings. The van der Waals surface area contributed by atoms with Crippen LogP contribution >= 0.6 is 0 Å². The van der Waals surface area contributed by atoms with Crippen molar-refractivity contribution < 1.29 is 0 Å². The Bertz CT molecular complexity index is 1380. The summed E-state index contributed by atoms with van der Waals surface area (Å²) in [4.78, 5) is 19.5. The molecule has 0 bridgehead atoms. The Morgan fingerprint density at radius 2 is 1.70 bits per heavy atom. The van der Waals surface area contributed by atoms with Gasteiger partial charge >= 0.3 is 0 Å². The van der Waals surface area contributed by atoms with Gasteiger partial charge in [-0.05, 0) is 29.8 Å². The number of nitrogens with zero attached hydrogens (tertiary/aromatic N) is 6. The maximum Gasteiger partial charge on any atom is 0.264 e. The van der Waals surface area contributed by atoms with Gasteiger partial charge in [-0.3, -0.25) is 14.3 Å². The van der Waals surface area contributed by atoms with Crippen molar-refractivity contribution in [2.24, 2.45) is 0 Å². The minimum atomic E-state index is -0.147. The minimum absolute atomic E-state index is 0.147. The van der Waals surface area contributed by atoms with E-state index >= 15 is 0 Å². The molecular formula is C23H18N6O. The average molecular weight is 394 g/mol. The fourth-order valence-corrected chi connectivity index (χ4v) is 3.40. The molecule has 1 aliphatic heterocycles. The lowest BCUT2D eigenvalue weighted by Crippen LogP contribution is -2.24. The molecule has 0 fully saturated rings. The highest BCUT2D eigenvalue weighted by Gasteiger charge is 2.19. The highest BCUT2D eigenvalue weighted by atomic mass is 16.1. The molecule has 0 aliphatic carbocycles. The van der Waals surface area contributed by atoms with Gasteiger partial charge in [0.15, 0.2) is 5.65 Å². The first-order valence-corrected chi connectivity index (χ1v) is 9.57. The number of pyridine rings is 1. The summed E-state index contributed by atoms with van der Waals surface area (Å²) in [6, 6.07) is 13.5. The van der Waals surface area contributed by atoms with Crippen molar-refractivity contribution in [2.75, 3.05) is 4.90 Å². The molecule has 0 spiro atoms. The number of hydrogen-bond donors (Lipinski definition) is 0. The van der Waals surface area contributed by atoms with Gasteiger partial charge in [0.05, 0.1) is 5.39 Å². The van der Waals surface area contributed by atoms with Crippen molar-refractivity contribution in [2.45, 2.75) is 6.54 Å². The van der Waals surface area contributed by atoms with Gasteiger partial charge < -0.3 is 0 Å². The largest absolute Gasteiger partial charge is 0.293 e. The second-order valence-corrected chi connectivity index (χ2v) is 6.71. The lowest BCUT2D eigenvalue weighted by molar-refractivity contribution is 0.785. The van der Waals surface area contributed by atoms with Crippen LogP contribution in [0, 0.1) is 0 Å². The quantitative estimate of drug-likeness (QED) is 0.529. The highest BCUT2D eigenvalue weighted by molar-refractivity contribution is 5.78. The van der Waals surface area contributed by atoms with Crippen molar-refractivity contribution >= 4 is 28.8 Å². The summed E-state index contributed by atoms with van der Waals surface area (Å²) in [5.74, 6) is 1.00. The SMILES string of the molecule is O=c1c2cccnc2n2c(N3C=CC=CC=C3)nnc2n1C/C=C/c1ccccc1. The predicted octanol–water partition coefficient (Wildman–Crippen LogP) is 3.56. The second kappa shape index (κ2) is 7.63. The molecule has 3 aromatic heterocycles. The molecule has 0 radical (unpaired) electrons. The maximum absolute atomic E-state index is 13.2. The van der Waals surface area contributed by atoms with Crippen LogP contribution in [-0.4, -0.2) is 24.1 Å². The summed E-state index contributed by atoms with van der Waals surface area (Å²) in [6.45, 7) is 0.368. The Balaban J connectivity index is 1.68. The summed E-state index contributed by atoms with van der Waals surface area (Å²) < 4.78 is 3.43. The number of benzene rings is 1. The predicted molar refractivity (Wildman–Crippen MR) is 118 cm³/mol.